The Bertz CT molecular complexity index is 659. The van der Waals surface area contributed by atoms with Crippen LogP contribution >= 0.6 is 11.8 Å². The van der Waals surface area contributed by atoms with Gasteiger partial charge in [-0.2, -0.15) is 0 Å². The van der Waals surface area contributed by atoms with Crippen LogP contribution in [-0.4, -0.2) is 30.6 Å². The van der Waals surface area contributed by atoms with Gasteiger partial charge in [0, 0.05) is 29.8 Å². The zero-order valence-corrected chi connectivity index (χ0v) is 15.1. The Hall–Kier alpha value is -1.33. The fraction of sp³-hybridized carbons (Fsp3) is 0.400. The second kappa shape index (κ2) is 8.17. The average molecular weight is 343 g/mol. The molecule has 0 aromatic heterocycles. The Morgan fingerprint density at radius 3 is 2.67 bits per heavy atom. The summed E-state index contributed by atoms with van der Waals surface area (Å²) in [5, 5.41) is 14.1. The third-order valence-electron chi connectivity index (χ3n) is 4.60. The lowest BCUT2D eigenvalue weighted by Crippen LogP contribution is -2.34. The van der Waals surface area contributed by atoms with E-state index in [0.717, 1.165) is 24.3 Å². The maximum atomic E-state index is 10.5. The van der Waals surface area contributed by atoms with Gasteiger partial charge in [0.1, 0.15) is 0 Å². The summed E-state index contributed by atoms with van der Waals surface area (Å²) in [6.45, 7) is 2.92. The van der Waals surface area contributed by atoms with Crippen molar-refractivity contribution in [3.05, 3.63) is 65.2 Å². The molecule has 1 aliphatic rings. The topological polar surface area (TPSA) is 41.5 Å². The highest BCUT2D eigenvalue weighted by atomic mass is 32.2. The quantitative estimate of drug-likeness (QED) is 0.594. The number of aliphatic hydroxyl groups excluding tert-OH is 1. The third kappa shape index (κ3) is 4.01. The molecule has 128 valence electrons. The molecular formula is C20H25NO2S. The van der Waals surface area contributed by atoms with E-state index in [0.29, 0.717) is 0 Å². The Labute approximate surface area is 148 Å². The van der Waals surface area contributed by atoms with Gasteiger partial charge in [-0.05, 0) is 42.2 Å². The lowest BCUT2D eigenvalue weighted by atomic mass is 10.1. The van der Waals surface area contributed by atoms with Crippen LogP contribution in [0, 0.1) is 0 Å². The maximum absolute atomic E-state index is 10.5. The van der Waals surface area contributed by atoms with Gasteiger partial charge in [-0.3, -0.25) is 0 Å². The molecule has 24 heavy (non-hydrogen) atoms. The Morgan fingerprint density at radius 1 is 1.21 bits per heavy atom. The standard InChI is InChI=1S/C20H25NO2S/c1-14(15-7-9-17(10-8-15)24-12-11-23-2)21-19-13-16-5-3-4-6-18(16)20(19)22/h3-10,14,19-22H,11-13H2,1-2H3. The smallest absolute Gasteiger partial charge is 0.0949 e. The zero-order valence-electron chi connectivity index (χ0n) is 14.2. The van der Waals surface area contributed by atoms with Crippen molar-refractivity contribution in [3.8, 4) is 0 Å². The van der Waals surface area contributed by atoms with Gasteiger partial charge in [0.25, 0.3) is 0 Å². The largest absolute Gasteiger partial charge is 0.387 e. The molecule has 3 nitrogen and oxygen atoms in total. The first-order valence-electron chi connectivity index (χ1n) is 8.42. The first-order chi connectivity index (χ1) is 11.7. The summed E-state index contributed by atoms with van der Waals surface area (Å²) in [5.41, 5.74) is 3.56. The summed E-state index contributed by atoms with van der Waals surface area (Å²) < 4.78 is 5.08. The van der Waals surface area contributed by atoms with Crippen LogP contribution in [0.4, 0.5) is 0 Å². The van der Waals surface area contributed by atoms with Crippen molar-refractivity contribution in [1.29, 1.82) is 0 Å². The van der Waals surface area contributed by atoms with Crippen LogP contribution in [0.15, 0.2) is 53.4 Å². The number of rotatable bonds is 7. The van der Waals surface area contributed by atoms with Crippen molar-refractivity contribution in [2.45, 2.75) is 36.4 Å². The van der Waals surface area contributed by atoms with Gasteiger partial charge in [0.2, 0.25) is 0 Å². The molecule has 0 saturated carbocycles. The molecule has 0 bridgehead atoms. The molecule has 0 saturated heterocycles. The van der Waals surface area contributed by atoms with Crippen LogP contribution in [0.2, 0.25) is 0 Å². The van der Waals surface area contributed by atoms with Crippen LogP contribution in [-0.2, 0) is 11.2 Å². The van der Waals surface area contributed by atoms with Crippen molar-refractivity contribution in [3.63, 3.8) is 0 Å². The van der Waals surface area contributed by atoms with E-state index in [1.54, 1.807) is 18.9 Å². The summed E-state index contributed by atoms with van der Waals surface area (Å²) in [6.07, 6.45) is 0.458. The minimum atomic E-state index is -0.424. The molecule has 4 heteroatoms. The van der Waals surface area contributed by atoms with Gasteiger partial charge in [-0.25, -0.2) is 0 Å². The Kier molecular flexibility index (Phi) is 5.95. The molecular weight excluding hydrogens is 318 g/mol. The highest BCUT2D eigenvalue weighted by molar-refractivity contribution is 7.99. The van der Waals surface area contributed by atoms with E-state index >= 15 is 0 Å². The average Bonchev–Trinajstić information content (AvgIpc) is 2.92. The fourth-order valence-corrected chi connectivity index (χ4v) is 4.05. The molecule has 0 fully saturated rings. The molecule has 1 aliphatic carbocycles. The molecule has 0 spiro atoms. The normalized spacial score (nSPS) is 20.8. The first kappa shape index (κ1) is 17.5. The van der Waals surface area contributed by atoms with Gasteiger partial charge in [0.05, 0.1) is 12.7 Å². The van der Waals surface area contributed by atoms with Gasteiger partial charge < -0.3 is 15.2 Å². The number of ether oxygens (including phenoxy) is 1. The van der Waals surface area contributed by atoms with Crippen LogP contribution < -0.4 is 5.32 Å². The molecule has 3 unspecified atom stereocenters. The van der Waals surface area contributed by atoms with E-state index in [-0.39, 0.29) is 12.1 Å². The van der Waals surface area contributed by atoms with E-state index in [1.165, 1.54) is 16.0 Å². The maximum Gasteiger partial charge on any atom is 0.0949 e. The van der Waals surface area contributed by atoms with Crippen LogP contribution in [0.3, 0.4) is 0 Å². The van der Waals surface area contributed by atoms with Crippen molar-refractivity contribution < 1.29 is 9.84 Å². The number of fused-ring (bicyclic) bond motifs is 1. The Morgan fingerprint density at radius 2 is 1.96 bits per heavy atom. The van der Waals surface area contributed by atoms with Gasteiger partial charge in [-0.15, -0.1) is 11.8 Å². The number of methoxy groups -OCH3 is 1. The molecule has 0 heterocycles. The molecule has 0 radical (unpaired) electrons. The molecule has 3 atom stereocenters. The van der Waals surface area contributed by atoms with Crippen LogP contribution in [0.1, 0.15) is 35.8 Å². The van der Waals surface area contributed by atoms with E-state index in [4.69, 9.17) is 4.74 Å². The molecule has 0 aliphatic heterocycles. The second-order valence-electron chi connectivity index (χ2n) is 6.25. The third-order valence-corrected chi connectivity index (χ3v) is 5.57. The van der Waals surface area contributed by atoms with Crippen LogP contribution in [0.25, 0.3) is 0 Å². The molecule has 0 amide bonds. The minimum Gasteiger partial charge on any atom is -0.387 e. The molecule has 2 N–H and O–H groups in total. The number of thioether (sulfide) groups is 1. The molecule has 2 aromatic rings. The highest BCUT2D eigenvalue weighted by Crippen LogP contribution is 2.32. The predicted octanol–water partition coefficient (Wildman–Crippen LogP) is 3.73. The van der Waals surface area contributed by atoms with Crippen LogP contribution in [0.5, 0.6) is 0 Å². The highest BCUT2D eigenvalue weighted by Gasteiger charge is 2.31. The van der Waals surface area contributed by atoms with E-state index < -0.39 is 6.10 Å². The van der Waals surface area contributed by atoms with Crippen molar-refractivity contribution in [1.82, 2.24) is 5.32 Å². The minimum absolute atomic E-state index is 0.0770. The SMILES string of the molecule is COCCSc1ccc(C(C)NC2Cc3ccccc3C2O)cc1. The number of benzene rings is 2. The van der Waals surface area contributed by atoms with Crippen molar-refractivity contribution >= 4 is 11.8 Å². The number of hydrogen-bond acceptors (Lipinski definition) is 4. The second-order valence-corrected chi connectivity index (χ2v) is 7.42. The molecule has 2 aromatic carbocycles. The van der Waals surface area contributed by atoms with Gasteiger partial charge in [-0.1, -0.05) is 36.4 Å². The van der Waals surface area contributed by atoms with Gasteiger partial charge >= 0.3 is 0 Å². The zero-order chi connectivity index (χ0) is 16.9. The monoisotopic (exact) mass is 343 g/mol. The summed E-state index contributed by atoms with van der Waals surface area (Å²) in [4.78, 5) is 1.26. The number of aliphatic hydroxyl groups is 1. The summed E-state index contributed by atoms with van der Waals surface area (Å²) in [5.74, 6) is 0.968. The number of nitrogens with one attached hydrogen (secondary N) is 1. The summed E-state index contributed by atoms with van der Waals surface area (Å²) in [6, 6.07) is 17.1. The first-order valence-corrected chi connectivity index (χ1v) is 9.41. The Balaban J connectivity index is 1.58. The lowest BCUT2D eigenvalue weighted by Gasteiger charge is -2.23. The van der Waals surface area contributed by atoms with Crippen molar-refractivity contribution in [2.24, 2.45) is 0 Å². The van der Waals surface area contributed by atoms with E-state index in [2.05, 4.69) is 42.6 Å². The lowest BCUT2D eigenvalue weighted by molar-refractivity contribution is 0.136. The van der Waals surface area contributed by atoms with Crippen molar-refractivity contribution in [2.75, 3.05) is 19.5 Å². The number of hydrogen-bond donors (Lipinski definition) is 2. The fourth-order valence-electron chi connectivity index (χ4n) is 3.24. The molecule has 3 rings (SSSR count). The summed E-state index contributed by atoms with van der Waals surface area (Å²) >= 11 is 1.80. The van der Waals surface area contributed by atoms with E-state index in [1.807, 2.05) is 18.2 Å². The predicted molar refractivity (Wildman–Crippen MR) is 99.5 cm³/mol. The van der Waals surface area contributed by atoms with E-state index in [9.17, 15) is 5.11 Å². The van der Waals surface area contributed by atoms with Gasteiger partial charge in [0.15, 0.2) is 0 Å². The summed E-state index contributed by atoms with van der Waals surface area (Å²) in [7, 11) is 1.73.